The van der Waals surface area contributed by atoms with Crippen LogP contribution in [0.3, 0.4) is 0 Å². The lowest BCUT2D eigenvalue weighted by atomic mass is 10.1. The molecule has 1 aliphatic rings. The van der Waals surface area contributed by atoms with Crippen LogP contribution in [0, 0.1) is 5.92 Å². The van der Waals surface area contributed by atoms with Gasteiger partial charge in [-0.15, -0.1) is 0 Å². The molecule has 0 bridgehead atoms. The second kappa shape index (κ2) is 8.86. The number of esters is 1. The summed E-state index contributed by atoms with van der Waals surface area (Å²) in [4.78, 5) is 37.6. The molecule has 8 heteroatoms. The summed E-state index contributed by atoms with van der Waals surface area (Å²) in [6.07, 6.45) is 1.74. The van der Waals surface area contributed by atoms with Gasteiger partial charge in [-0.3, -0.25) is 18.7 Å². The molecule has 0 aliphatic heterocycles. The van der Waals surface area contributed by atoms with Crippen molar-refractivity contribution in [1.82, 2.24) is 9.13 Å². The minimum Gasteiger partial charge on any atom is -0.494 e. The number of halogens is 1. The molecule has 1 saturated carbocycles. The number of aryl methyl sites for hydroxylation is 1. The Labute approximate surface area is 173 Å². The molecular weight excluding hydrogens is 396 g/mol. The molecule has 1 aliphatic carbocycles. The van der Waals surface area contributed by atoms with E-state index in [1.54, 1.807) is 26.0 Å². The second-order valence-electron chi connectivity index (χ2n) is 7.67. The van der Waals surface area contributed by atoms with E-state index in [4.69, 9.17) is 16.3 Å². The van der Waals surface area contributed by atoms with Crippen LogP contribution in [0.4, 0.5) is 0 Å². The van der Waals surface area contributed by atoms with Crippen LogP contribution < -0.4 is 11.2 Å². The van der Waals surface area contributed by atoms with E-state index in [-0.39, 0.29) is 30.4 Å². The van der Waals surface area contributed by atoms with Gasteiger partial charge < -0.3 is 9.84 Å². The first-order valence-electron chi connectivity index (χ1n) is 9.76. The molecule has 7 nitrogen and oxygen atoms in total. The Morgan fingerprint density at radius 2 is 2.03 bits per heavy atom. The summed E-state index contributed by atoms with van der Waals surface area (Å²) in [7, 11) is 0. The topological polar surface area (TPSA) is 90.5 Å². The lowest BCUT2D eigenvalue weighted by Crippen LogP contribution is -2.41. The maximum Gasteiger partial charge on any atom is 0.334 e. The zero-order valence-corrected chi connectivity index (χ0v) is 17.3. The summed E-state index contributed by atoms with van der Waals surface area (Å²) < 4.78 is 7.59. The summed E-state index contributed by atoms with van der Waals surface area (Å²) in [5.41, 5.74) is -0.215. The number of carbonyl (C=O) groups is 1. The summed E-state index contributed by atoms with van der Waals surface area (Å²) in [6, 6.07) is 7.91. The van der Waals surface area contributed by atoms with Crippen LogP contribution in [-0.2, 0) is 22.5 Å². The number of aromatic nitrogens is 2. The Balaban J connectivity index is 1.81. The number of nitrogens with zero attached hydrogens (tertiary/aromatic N) is 2. The molecule has 2 aromatic rings. The Morgan fingerprint density at radius 3 is 2.72 bits per heavy atom. The molecule has 0 radical (unpaired) electrons. The summed E-state index contributed by atoms with van der Waals surface area (Å²) in [5, 5.41) is 10.8. The number of aromatic hydroxyl groups is 1. The summed E-state index contributed by atoms with van der Waals surface area (Å²) in [5.74, 6) is -0.995. The van der Waals surface area contributed by atoms with Crippen molar-refractivity contribution in [2.45, 2.75) is 58.2 Å². The quantitative estimate of drug-likeness (QED) is 0.725. The van der Waals surface area contributed by atoms with Gasteiger partial charge in [-0.1, -0.05) is 23.7 Å². The Kier molecular flexibility index (Phi) is 6.47. The van der Waals surface area contributed by atoms with Crippen molar-refractivity contribution in [2.24, 2.45) is 5.92 Å². The van der Waals surface area contributed by atoms with Crippen LogP contribution in [-0.4, -0.2) is 26.3 Å². The molecule has 1 aromatic carbocycles. The molecule has 29 heavy (non-hydrogen) atoms. The van der Waals surface area contributed by atoms with E-state index >= 15 is 0 Å². The average Bonchev–Trinajstić information content (AvgIpc) is 3.10. The van der Waals surface area contributed by atoms with E-state index in [9.17, 15) is 19.5 Å². The molecule has 1 heterocycles. The maximum absolute atomic E-state index is 13.0. The van der Waals surface area contributed by atoms with Gasteiger partial charge >= 0.3 is 11.7 Å². The van der Waals surface area contributed by atoms with Gasteiger partial charge in [-0.05, 0) is 57.2 Å². The number of hydrogen-bond acceptors (Lipinski definition) is 5. The van der Waals surface area contributed by atoms with Gasteiger partial charge in [-0.2, -0.15) is 0 Å². The molecule has 1 aromatic heterocycles. The smallest absolute Gasteiger partial charge is 0.334 e. The molecule has 2 atom stereocenters. The van der Waals surface area contributed by atoms with Crippen molar-refractivity contribution in [2.75, 3.05) is 0 Å². The molecule has 0 amide bonds. The standard InChI is InChI=1S/C21H25ClN2O5/c1-13(2)29-20(27)15-6-7-17(11-15)24-19(26)12-18(25)23(21(24)28)9-8-14-4-3-5-16(22)10-14/h3-5,10,12-13,15,17,25H,6-9,11H2,1-2H3/t15-,17+/m0/s1. The number of carbonyl (C=O) groups excluding carboxylic acids is 1. The van der Waals surface area contributed by atoms with Crippen LogP contribution in [0.5, 0.6) is 5.88 Å². The lowest BCUT2D eigenvalue weighted by molar-refractivity contribution is -0.152. The number of ether oxygens (including phenoxy) is 1. The third-order valence-corrected chi connectivity index (χ3v) is 5.41. The first kappa shape index (κ1) is 21.2. The highest BCUT2D eigenvalue weighted by molar-refractivity contribution is 6.30. The normalized spacial score (nSPS) is 18.9. The second-order valence-corrected chi connectivity index (χ2v) is 8.11. The average molecular weight is 421 g/mol. The minimum atomic E-state index is -0.570. The van der Waals surface area contributed by atoms with Crippen LogP contribution in [0.25, 0.3) is 0 Å². The first-order chi connectivity index (χ1) is 13.8. The zero-order valence-electron chi connectivity index (χ0n) is 16.5. The van der Waals surface area contributed by atoms with Gasteiger partial charge in [0.05, 0.1) is 18.1 Å². The predicted octanol–water partition coefficient (Wildman–Crippen LogP) is 2.90. The molecule has 3 rings (SSSR count). The fourth-order valence-corrected chi connectivity index (χ4v) is 4.01. The van der Waals surface area contributed by atoms with Gasteiger partial charge in [-0.25, -0.2) is 4.79 Å². The van der Waals surface area contributed by atoms with Crippen molar-refractivity contribution in [3.63, 3.8) is 0 Å². The fourth-order valence-electron chi connectivity index (χ4n) is 3.79. The largest absolute Gasteiger partial charge is 0.494 e. The van der Waals surface area contributed by atoms with Gasteiger partial charge in [0, 0.05) is 17.6 Å². The van der Waals surface area contributed by atoms with Crippen molar-refractivity contribution < 1.29 is 14.6 Å². The van der Waals surface area contributed by atoms with Crippen LogP contribution in [0.1, 0.15) is 44.7 Å². The summed E-state index contributed by atoms with van der Waals surface area (Å²) >= 11 is 5.99. The van der Waals surface area contributed by atoms with E-state index in [1.807, 2.05) is 12.1 Å². The third kappa shape index (κ3) is 4.90. The minimum absolute atomic E-state index is 0.205. The van der Waals surface area contributed by atoms with Crippen LogP contribution >= 0.6 is 11.6 Å². The number of rotatable bonds is 6. The molecule has 0 spiro atoms. The number of benzene rings is 1. The Hall–Kier alpha value is -2.54. The van der Waals surface area contributed by atoms with E-state index in [0.29, 0.717) is 30.7 Å². The van der Waals surface area contributed by atoms with Gasteiger partial charge in [0.25, 0.3) is 5.56 Å². The fraction of sp³-hybridized carbons (Fsp3) is 0.476. The van der Waals surface area contributed by atoms with Gasteiger partial charge in [0.1, 0.15) is 0 Å². The molecule has 156 valence electrons. The highest BCUT2D eigenvalue weighted by atomic mass is 35.5. The maximum atomic E-state index is 13.0. The van der Waals surface area contributed by atoms with Crippen molar-refractivity contribution in [3.8, 4) is 5.88 Å². The molecule has 1 fully saturated rings. The molecular formula is C21H25ClN2O5. The molecule has 1 N–H and O–H groups in total. The van der Waals surface area contributed by atoms with Crippen LogP contribution in [0.2, 0.25) is 5.02 Å². The SMILES string of the molecule is CC(C)OC(=O)[C@H]1CC[C@@H](n2c(=O)cc(O)n(CCc3cccc(Cl)c3)c2=O)C1. The van der Waals surface area contributed by atoms with Crippen molar-refractivity contribution in [3.05, 3.63) is 61.8 Å². The van der Waals surface area contributed by atoms with Crippen molar-refractivity contribution in [1.29, 1.82) is 0 Å². The van der Waals surface area contributed by atoms with Crippen molar-refractivity contribution >= 4 is 17.6 Å². The van der Waals surface area contributed by atoms with Crippen LogP contribution in [0.15, 0.2) is 39.9 Å². The van der Waals surface area contributed by atoms with E-state index < -0.39 is 17.3 Å². The third-order valence-electron chi connectivity index (χ3n) is 5.17. The van der Waals surface area contributed by atoms with E-state index in [2.05, 4.69) is 0 Å². The molecule has 0 unspecified atom stereocenters. The predicted molar refractivity (Wildman–Crippen MR) is 109 cm³/mol. The Morgan fingerprint density at radius 1 is 1.28 bits per heavy atom. The van der Waals surface area contributed by atoms with E-state index in [0.717, 1.165) is 16.2 Å². The highest BCUT2D eigenvalue weighted by Gasteiger charge is 2.34. The molecule has 0 saturated heterocycles. The number of hydrogen-bond donors (Lipinski definition) is 1. The first-order valence-corrected chi connectivity index (χ1v) is 10.1. The van der Waals surface area contributed by atoms with Gasteiger partial charge in [0.15, 0.2) is 0 Å². The monoisotopic (exact) mass is 420 g/mol. The van der Waals surface area contributed by atoms with E-state index in [1.165, 1.54) is 4.57 Å². The highest BCUT2D eigenvalue weighted by Crippen LogP contribution is 2.34. The zero-order chi connectivity index (χ0) is 21.1. The van der Waals surface area contributed by atoms with Gasteiger partial charge in [0.2, 0.25) is 5.88 Å². The lowest BCUT2D eigenvalue weighted by Gasteiger charge is -2.17. The summed E-state index contributed by atoms with van der Waals surface area (Å²) in [6.45, 7) is 3.78. The Bertz CT molecular complexity index is 1010.